The van der Waals surface area contributed by atoms with Gasteiger partial charge in [0, 0.05) is 18.2 Å². The van der Waals surface area contributed by atoms with Crippen LogP contribution in [0, 0.1) is 0 Å². The van der Waals surface area contributed by atoms with Crippen LogP contribution in [-0.2, 0) is 19.1 Å². The number of hydrogen-bond acceptors (Lipinski definition) is 4. The van der Waals surface area contributed by atoms with Gasteiger partial charge in [0.15, 0.2) is 0 Å². The smallest absolute Gasteiger partial charge is 0.333 e. The van der Waals surface area contributed by atoms with Gasteiger partial charge in [-0.25, -0.2) is 4.79 Å². The van der Waals surface area contributed by atoms with E-state index in [0.29, 0.717) is 12.2 Å². The first kappa shape index (κ1) is 14.5. The van der Waals surface area contributed by atoms with Crippen LogP contribution >= 0.6 is 0 Å². The Morgan fingerprint density at radius 1 is 1.30 bits per heavy atom. The molecule has 0 radical (unpaired) electrons. The van der Waals surface area contributed by atoms with E-state index < -0.39 is 12.1 Å². The van der Waals surface area contributed by atoms with Gasteiger partial charge in [0.05, 0.1) is 0 Å². The molecule has 1 amide bonds. The molecule has 5 nitrogen and oxygen atoms in total. The number of hydrogen-bond donors (Lipinski definition) is 1. The Labute approximate surface area is 118 Å². The number of nitrogens with one attached hydrogen (secondary N) is 1. The van der Waals surface area contributed by atoms with E-state index in [4.69, 9.17) is 9.47 Å². The lowest BCUT2D eigenvalue weighted by molar-refractivity contribution is -0.160. The van der Waals surface area contributed by atoms with Crippen LogP contribution in [0.2, 0.25) is 0 Å². The molecule has 0 aliphatic heterocycles. The maximum Gasteiger partial charge on any atom is 0.333 e. The highest BCUT2D eigenvalue weighted by Crippen LogP contribution is 2.23. The molecule has 2 rings (SSSR count). The van der Waals surface area contributed by atoms with Crippen molar-refractivity contribution in [1.29, 1.82) is 0 Å². The van der Waals surface area contributed by atoms with Gasteiger partial charge in [-0.1, -0.05) is 30.3 Å². The molecule has 1 aromatic carbocycles. The van der Waals surface area contributed by atoms with Gasteiger partial charge >= 0.3 is 5.97 Å². The van der Waals surface area contributed by atoms with Gasteiger partial charge in [-0.15, -0.1) is 0 Å². The molecule has 0 heterocycles. The third-order valence-corrected chi connectivity index (χ3v) is 2.94. The maximum atomic E-state index is 12.2. The summed E-state index contributed by atoms with van der Waals surface area (Å²) in [5.74, 6) is -0.810. The quantitative estimate of drug-likeness (QED) is 0.769. The first-order valence-electron chi connectivity index (χ1n) is 6.83. The minimum Gasteiger partial charge on any atom is -0.446 e. The van der Waals surface area contributed by atoms with Crippen molar-refractivity contribution >= 4 is 11.9 Å². The van der Waals surface area contributed by atoms with Crippen LogP contribution < -0.4 is 5.32 Å². The second-order valence-corrected chi connectivity index (χ2v) is 4.70. The summed E-state index contributed by atoms with van der Waals surface area (Å²) in [4.78, 5) is 23.8. The van der Waals surface area contributed by atoms with E-state index in [1.54, 1.807) is 19.1 Å². The van der Waals surface area contributed by atoms with Gasteiger partial charge in [0.25, 0.3) is 5.91 Å². The maximum absolute atomic E-state index is 12.2. The molecule has 1 fully saturated rings. The summed E-state index contributed by atoms with van der Waals surface area (Å²) in [7, 11) is 0. The van der Waals surface area contributed by atoms with Crippen molar-refractivity contribution in [3.8, 4) is 0 Å². The summed E-state index contributed by atoms with van der Waals surface area (Å²) in [5, 5.41) is 2.86. The van der Waals surface area contributed by atoms with Crippen molar-refractivity contribution in [2.45, 2.75) is 31.9 Å². The minimum atomic E-state index is -0.912. The Balaban J connectivity index is 2.03. The minimum absolute atomic E-state index is 0.142. The second-order valence-electron chi connectivity index (χ2n) is 4.70. The van der Waals surface area contributed by atoms with Crippen molar-refractivity contribution in [2.24, 2.45) is 0 Å². The van der Waals surface area contributed by atoms with Crippen LogP contribution in [0.25, 0.3) is 0 Å². The Morgan fingerprint density at radius 2 is 2.00 bits per heavy atom. The number of ether oxygens (including phenoxy) is 2. The lowest BCUT2D eigenvalue weighted by Gasteiger charge is -2.17. The molecule has 0 spiro atoms. The Kier molecular flexibility index (Phi) is 5.12. The molecule has 1 aliphatic carbocycles. The predicted molar refractivity (Wildman–Crippen MR) is 72.9 cm³/mol. The van der Waals surface area contributed by atoms with Gasteiger partial charge in [-0.3, -0.25) is 4.79 Å². The lowest BCUT2D eigenvalue weighted by Crippen LogP contribution is -2.34. The van der Waals surface area contributed by atoms with Crippen molar-refractivity contribution < 1.29 is 19.1 Å². The molecular formula is C15H19NO4. The van der Waals surface area contributed by atoms with E-state index in [-0.39, 0.29) is 18.6 Å². The number of carbonyl (C=O) groups excluding carboxylic acids is 2. The van der Waals surface area contributed by atoms with E-state index in [0.717, 1.165) is 12.8 Å². The molecule has 0 bridgehead atoms. The molecule has 0 unspecified atom stereocenters. The average Bonchev–Trinajstić information content (AvgIpc) is 3.27. The van der Waals surface area contributed by atoms with Crippen molar-refractivity contribution in [3.63, 3.8) is 0 Å². The average molecular weight is 277 g/mol. The molecule has 20 heavy (non-hydrogen) atoms. The van der Waals surface area contributed by atoms with E-state index in [1.807, 2.05) is 18.2 Å². The Bertz CT molecular complexity index is 456. The summed E-state index contributed by atoms with van der Waals surface area (Å²) in [6, 6.07) is 9.23. The van der Waals surface area contributed by atoms with Crippen LogP contribution in [0.4, 0.5) is 0 Å². The molecular weight excluding hydrogens is 258 g/mol. The fourth-order valence-corrected chi connectivity index (χ4v) is 1.76. The first-order valence-corrected chi connectivity index (χ1v) is 6.83. The topological polar surface area (TPSA) is 64.6 Å². The summed E-state index contributed by atoms with van der Waals surface area (Å²) in [5.41, 5.74) is 0.662. The number of carbonyl (C=O) groups is 2. The zero-order valence-electron chi connectivity index (χ0n) is 11.5. The van der Waals surface area contributed by atoms with Crippen LogP contribution in [0.5, 0.6) is 0 Å². The molecule has 108 valence electrons. The van der Waals surface area contributed by atoms with E-state index in [9.17, 15) is 9.59 Å². The summed E-state index contributed by atoms with van der Waals surface area (Å²) >= 11 is 0. The monoisotopic (exact) mass is 277 g/mol. The van der Waals surface area contributed by atoms with Gasteiger partial charge in [0.1, 0.15) is 6.61 Å². The largest absolute Gasteiger partial charge is 0.446 e. The van der Waals surface area contributed by atoms with Crippen LogP contribution in [0.1, 0.15) is 31.4 Å². The lowest BCUT2D eigenvalue weighted by atomic mass is 10.1. The predicted octanol–water partition coefficient (Wildman–Crippen LogP) is 1.59. The van der Waals surface area contributed by atoms with Crippen LogP contribution in [-0.4, -0.2) is 31.1 Å². The fraction of sp³-hybridized carbons (Fsp3) is 0.467. The molecule has 1 N–H and O–H groups in total. The number of esters is 1. The number of benzene rings is 1. The molecule has 5 heteroatoms. The summed E-state index contributed by atoms with van der Waals surface area (Å²) < 4.78 is 10.3. The zero-order chi connectivity index (χ0) is 14.4. The van der Waals surface area contributed by atoms with E-state index in [1.165, 1.54) is 0 Å². The van der Waals surface area contributed by atoms with E-state index >= 15 is 0 Å². The van der Waals surface area contributed by atoms with Gasteiger partial charge in [-0.05, 0) is 19.8 Å². The fourth-order valence-electron chi connectivity index (χ4n) is 1.76. The molecule has 1 aliphatic rings. The van der Waals surface area contributed by atoms with Gasteiger partial charge in [0.2, 0.25) is 6.10 Å². The molecule has 1 atom stereocenters. The highest BCUT2D eigenvalue weighted by atomic mass is 16.6. The molecule has 0 saturated heterocycles. The summed E-state index contributed by atoms with van der Waals surface area (Å²) in [6.07, 6.45) is 1.06. The third kappa shape index (κ3) is 4.35. The van der Waals surface area contributed by atoms with Gasteiger partial charge < -0.3 is 14.8 Å². The Hall–Kier alpha value is -1.88. The third-order valence-electron chi connectivity index (χ3n) is 2.94. The Morgan fingerprint density at radius 3 is 2.60 bits per heavy atom. The molecule has 0 aromatic heterocycles. The number of rotatable bonds is 7. The second kappa shape index (κ2) is 7.05. The van der Waals surface area contributed by atoms with Crippen LogP contribution in [0.3, 0.4) is 0 Å². The van der Waals surface area contributed by atoms with Crippen molar-refractivity contribution in [3.05, 3.63) is 35.9 Å². The first-order chi connectivity index (χ1) is 9.70. The number of amides is 1. The van der Waals surface area contributed by atoms with Crippen molar-refractivity contribution in [1.82, 2.24) is 5.32 Å². The zero-order valence-corrected chi connectivity index (χ0v) is 11.5. The van der Waals surface area contributed by atoms with Crippen LogP contribution in [0.15, 0.2) is 30.3 Å². The van der Waals surface area contributed by atoms with E-state index in [2.05, 4.69) is 5.32 Å². The highest BCUT2D eigenvalue weighted by Gasteiger charge is 2.30. The van der Waals surface area contributed by atoms with Gasteiger partial charge in [-0.2, -0.15) is 0 Å². The summed E-state index contributed by atoms with van der Waals surface area (Å²) in [6.45, 7) is 2.08. The van der Waals surface area contributed by atoms with Crippen molar-refractivity contribution in [2.75, 3.05) is 13.2 Å². The normalized spacial score (nSPS) is 15.4. The standard InChI is InChI=1S/C15H19NO4/c1-2-19-10-13(17)20-14(11-6-4-3-5-7-11)15(18)16-12-8-9-12/h3-7,12,14H,2,8-10H2,1H3,(H,16,18)/t14-/m1/s1. The SMILES string of the molecule is CCOCC(=O)O[C@@H](C(=O)NC1CC1)c1ccccc1. The highest BCUT2D eigenvalue weighted by molar-refractivity contribution is 5.85. The molecule has 1 aromatic rings. The molecule has 1 saturated carbocycles.